The molecular formula is C18H17N3O6. The molecule has 0 aliphatic carbocycles. The van der Waals surface area contributed by atoms with Gasteiger partial charge in [0.05, 0.1) is 6.54 Å². The van der Waals surface area contributed by atoms with Crippen LogP contribution in [-0.4, -0.2) is 51.8 Å². The van der Waals surface area contributed by atoms with E-state index in [4.69, 9.17) is 9.63 Å². The Balaban J connectivity index is 1.69. The van der Waals surface area contributed by atoms with Crippen molar-refractivity contribution in [1.29, 1.82) is 0 Å². The number of benzene rings is 1. The van der Waals surface area contributed by atoms with Gasteiger partial charge in [0.25, 0.3) is 0 Å². The average molecular weight is 371 g/mol. The zero-order chi connectivity index (χ0) is 19.4. The van der Waals surface area contributed by atoms with E-state index in [1.807, 2.05) is 30.3 Å². The van der Waals surface area contributed by atoms with Crippen molar-refractivity contribution >= 4 is 23.6 Å². The fourth-order valence-electron chi connectivity index (χ4n) is 2.82. The van der Waals surface area contributed by atoms with Gasteiger partial charge >= 0.3 is 5.97 Å². The zero-order valence-corrected chi connectivity index (χ0v) is 14.3. The standard InChI is InChI=1S/C18H17N3O6/c22-14-6-7-21(18(26)16(14)17(25)19-9-15(23)24)10-12-8-13(20-27-12)11-4-2-1-3-5-11/h1-5,8,16H,6-7,9-10H2,(H,19,25)(H,23,24). The molecule has 1 unspecified atom stereocenters. The highest BCUT2D eigenvalue weighted by Crippen LogP contribution is 2.22. The molecule has 9 heteroatoms. The van der Waals surface area contributed by atoms with Gasteiger partial charge in [-0.2, -0.15) is 0 Å². The summed E-state index contributed by atoms with van der Waals surface area (Å²) in [6.07, 6.45) is 0.0105. The van der Waals surface area contributed by atoms with Crippen LogP contribution in [0.4, 0.5) is 0 Å². The molecular weight excluding hydrogens is 354 g/mol. The Morgan fingerprint density at radius 1 is 1.26 bits per heavy atom. The minimum atomic E-state index is -1.53. The first-order chi connectivity index (χ1) is 13.0. The van der Waals surface area contributed by atoms with Gasteiger partial charge < -0.3 is 19.8 Å². The maximum atomic E-state index is 12.5. The molecule has 0 saturated carbocycles. The number of nitrogens with one attached hydrogen (secondary N) is 1. The van der Waals surface area contributed by atoms with E-state index in [1.165, 1.54) is 4.90 Å². The lowest BCUT2D eigenvalue weighted by Crippen LogP contribution is -2.52. The molecule has 140 valence electrons. The molecule has 2 aromatic rings. The summed E-state index contributed by atoms with van der Waals surface area (Å²) >= 11 is 0. The molecule has 1 fully saturated rings. The molecule has 2 N–H and O–H groups in total. The average Bonchev–Trinajstić information content (AvgIpc) is 3.12. The third-order valence-corrected chi connectivity index (χ3v) is 4.16. The van der Waals surface area contributed by atoms with Crippen LogP contribution >= 0.6 is 0 Å². The summed E-state index contributed by atoms with van der Waals surface area (Å²) in [5, 5.41) is 14.7. The van der Waals surface area contributed by atoms with Gasteiger partial charge in [0.1, 0.15) is 12.2 Å². The van der Waals surface area contributed by atoms with E-state index < -0.39 is 36.0 Å². The number of ketones is 1. The van der Waals surface area contributed by atoms with Crippen LogP contribution in [0.2, 0.25) is 0 Å². The van der Waals surface area contributed by atoms with Crippen LogP contribution in [0.3, 0.4) is 0 Å². The SMILES string of the molecule is O=C(O)CNC(=O)C1C(=O)CCN(Cc2cc(-c3ccccc3)no2)C1=O. The normalized spacial score (nSPS) is 17.0. The molecule has 0 radical (unpaired) electrons. The van der Waals surface area contributed by atoms with Crippen LogP contribution in [0.1, 0.15) is 12.2 Å². The summed E-state index contributed by atoms with van der Waals surface area (Å²) in [5.74, 6) is -4.48. The number of hydrogen-bond acceptors (Lipinski definition) is 6. The lowest BCUT2D eigenvalue weighted by Gasteiger charge is -2.29. The van der Waals surface area contributed by atoms with E-state index in [0.29, 0.717) is 11.5 Å². The van der Waals surface area contributed by atoms with Crippen molar-refractivity contribution in [3.05, 3.63) is 42.2 Å². The predicted molar refractivity (Wildman–Crippen MR) is 91.1 cm³/mol. The summed E-state index contributed by atoms with van der Waals surface area (Å²) in [5.41, 5.74) is 1.47. The maximum Gasteiger partial charge on any atom is 0.322 e. The number of carboxylic acid groups (broad SMARTS) is 1. The minimum Gasteiger partial charge on any atom is -0.480 e. The number of hydrogen-bond donors (Lipinski definition) is 2. The fourth-order valence-corrected chi connectivity index (χ4v) is 2.82. The summed E-state index contributed by atoms with van der Waals surface area (Å²) in [4.78, 5) is 48.5. The van der Waals surface area contributed by atoms with Gasteiger partial charge in [-0.1, -0.05) is 35.5 Å². The second-order valence-corrected chi connectivity index (χ2v) is 6.07. The van der Waals surface area contributed by atoms with Crippen molar-refractivity contribution in [3.63, 3.8) is 0 Å². The Morgan fingerprint density at radius 3 is 2.70 bits per heavy atom. The van der Waals surface area contributed by atoms with E-state index in [2.05, 4.69) is 10.5 Å². The van der Waals surface area contributed by atoms with Gasteiger partial charge in [-0.15, -0.1) is 0 Å². The smallest absolute Gasteiger partial charge is 0.322 e. The first kappa shape index (κ1) is 18.3. The molecule has 1 aromatic heterocycles. The molecule has 9 nitrogen and oxygen atoms in total. The summed E-state index contributed by atoms with van der Waals surface area (Å²) in [7, 11) is 0. The van der Waals surface area contributed by atoms with E-state index in [9.17, 15) is 19.2 Å². The van der Waals surface area contributed by atoms with Crippen LogP contribution in [0.5, 0.6) is 0 Å². The Bertz CT molecular complexity index is 876. The van der Waals surface area contributed by atoms with Crippen molar-refractivity contribution in [1.82, 2.24) is 15.4 Å². The summed E-state index contributed by atoms with van der Waals surface area (Å²) in [6, 6.07) is 11.0. The molecule has 1 aliphatic heterocycles. The Kier molecular flexibility index (Phi) is 5.30. The van der Waals surface area contributed by atoms with Crippen LogP contribution in [0.15, 0.2) is 40.9 Å². The molecule has 0 bridgehead atoms. The van der Waals surface area contributed by atoms with Crippen LogP contribution in [0, 0.1) is 5.92 Å². The Morgan fingerprint density at radius 2 is 2.00 bits per heavy atom. The lowest BCUT2D eigenvalue weighted by molar-refractivity contribution is -0.152. The van der Waals surface area contributed by atoms with E-state index in [1.54, 1.807) is 6.07 Å². The molecule has 1 saturated heterocycles. The highest BCUT2D eigenvalue weighted by Gasteiger charge is 2.40. The van der Waals surface area contributed by atoms with E-state index in [0.717, 1.165) is 5.56 Å². The third kappa shape index (κ3) is 4.20. The van der Waals surface area contributed by atoms with Crippen LogP contribution < -0.4 is 5.32 Å². The van der Waals surface area contributed by atoms with Crippen molar-refractivity contribution in [2.24, 2.45) is 5.92 Å². The third-order valence-electron chi connectivity index (χ3n) is 4.16. The van der Waals surface area contributed by atoms with Crippen molar-refractivity contribution in [3.8, 4) is 11.3 Å². The number of nitrogens with zero attached hydrogens (tertiary/aromatic N) is 2. The number of rotatable bonds is 6. The predicted octanol–water partition coefficient (Wildman–Crippen LogP) is 0.460. The highest BCUT2D eigenvalue weighted by molar-refractivity contribution is 6.19. The second-order valence-electron chi connectivity index (χ2n) is 6.07. The molecule has 1 aliphatic rings. The van der Waals surface area contributed by atoms with E-state index in [-0.39, 0.29) is 19.5 Å². The number of carboxylic acids is 1. The van der Waals surface area contributed by atoms with Gasteiger partial charge in [0.2, 0.25) is 11.8 Å². The number of likely N-dealkylation sites (tertiary alicyclic amines) is 1. The first-order valence-electron chi connectivity index (χ1n) is 8.27. The fraction of sp³-hybridized carbons (Fsp3) is 0.278. The van der Waals surface area contributed by atoms with Crippen molar-refractivity contribution in [2.45, 2.75) is 13.0 Å². The summed E-state index contributed by atoms with van der Waals surface area (Å²) < 4.78 is 5.26. The quantitative estimate of drug-likeness (QED) is 0.706. The number of amides is 2. The largest absolute Gasteiger partial charge is 0.480 e. The Labute approximate surface area is 153 Å². The van der Waals surface area contributed by atoms with Gasteiger partial charge in [0.15, 0.2) is 17.5 Å². The topological polar surface area (TPSA) is 130 Å². The number of aliphatic carboxylic acids is 1. The highest BCUT2D eigenvalue weighted by atomic mass is 16.5. The molecule has 2 amide bonds. The number of carbonyl (C=O) groups is 4. The number of Topliss-reactive ketones (excluding diaryl/α,β-unsaturated/α-hetero) is 1. The summed E-state index contributed by atoms with van der Waals surface area (Å²) in [6.45, 7) is -0.436. The van der Waals surface area contributed by atoms with Gasteiger partial charge in [-0.25, -0.2) is 0 Å². The van der Waals surface area contributed by atoms with Crippen molar-refractivity contribution in [2.75, 3.05) is 13.1 Å². The van der Waals surface area contributed by atoms with Crippen LogP contribution in [-0.2, 0) is 25.7 Å². The molecule has 2 heterocycles. The van der Waals surface area contributed by atoms with Gasteiger partial charge in [0, 0.05) is 24.6 Å². The molecule has 0 spiro atoms. The maximum absolute atomic E-state index is 12.5. The van der Waals surface area contributed by atoms with E-state index >= 15 is 0 Å². The number of piperidine rings is 1. The Hall–Kier alpha value is -3.49. The molecule has 1 atom stereocenters. The zero-order valence-electron chi connectivity index (χ0n) is 14.3. The molecule has 3 rings (SSSR count). The number of carbonyl (C=O) groups excluding carboxylic acids is 3. The van der Waals surface area contributed by atoms with Crippen molar-refractivity contribution < 1.29 is 28.8 Å². The number of aromatic nitrogens is 1. The lowest BCUT2D eigenvalue weighted by atomic mass is 9.94. The van der Waals surface area contributed by atoms with Gasteiger partial charge in [-0.3, -0.25) is 19.2 Å². The molecule has 27 heavy (non-hydrogen) atoms. The minimum absolute atomic E-state index is 0.0105. The first-order valence-corrected chi connectivity index (χ1v) is 8.27. The molecule has 1 aromatic carbocycles. The van der Waals surface area contributed by atoms with Crippen LogP contribution in [0.25, 0.3) is 11.3 Å². The monoisotopic (exact) mass is 371 g/mol. The second kappa shape index (κ2) is 7.81. The van der Waals surface area contributed by atoms with Gasteiger partial charge in [-0.05, 0) is 0 Å².